The number of hydrogen-bond donors (Lipinski definition) is 1. The zero-order valence-electron chi connectivity index (χ0n) is 20.1. The summed E-state index contributed by atoms with van der Waals surface area (Å²) < 4.78 is 16.9. The lowest BCUT2D eigenvalue weighted by Gasteiger charge is -2.29. The highest BCUT2D eigenvalue weighted by atomic mass is 16.5. The van der Waals surface area contributed by atoms with Crippen LogP contribution in [0, 0.1) is 0 Å². The van der Waals surface area contributed by atoms with Crippen LogP contribution in [0.3, 0.4) is 0 Å². The van der Waals surface area contributed by atoms with E-state index in [2.05, 4.69) is 5.32 Å². The second kappa shape index (κ2) is 11.8. The molecule has 1 atom stereocenters. The molecule has 0 unspecified atom stereocenters. The molecule has 0 spiro atoms. The average Bonchev–Trinajstić information content (AvgIpc) is 3.41. The van der Waals surface area contributed by atoms with Gasteiger partial charge in [-0.25, -0.2) is 0 Å². The Morgan fingerprint density at radius 2 is 2.06 bits per heavy atom. The summed E-state index contributed by atoms with van der Waals surface area (Å²) in [6.45, 7) is 3.50. The quantitative estimate of drug-likeness (QED) is 0.496. The monoisotopic (exact) mass is 480 g/mol. The first-order chi connectivity index (χ1) is 17.0. The number of aryl methyl sites for hydroxylation is 1. The van der Waals surface area contributed by atoms with Gasteiger partial charge in [-0.3, -0.25) is 14.4 Å². The van der Waals surface area contributed by atoms with Gasteiger partial charge in [0, 0.05) is 31.7 Å². The summed E-state index contributed by atoms with van der Waals surface area (Å²) in [5, 5.41) is 2.90. The van der Waals surface area contributed by atoms with Crippen molar-refractivity contribution in [2.24, 2.45) is 0 Å². The van der Waals surface area contributed by atoms with Crippen LogP contribution in [0.5, 0.6) is 11.5 Å². The molecular formula is C27H32N2O6. The molecule has 0 aliphatic carbocycles. The summed E-state index contributed by atoms with van der Waals surface area (Å²) in [4.78, 5) is 39.2. The Balaban J connectivity index is 1.34. The van der Waals surface area contributed by atoms with E-state index in [0.29, 0.717) is 48.7 Å². The summed E-state index contributed by atoms with van der Waals surface area (Å²) in [5.41, 5.74) is 2.02. The van der Waals surface area contributed by atoms with Gasteiger partial charge < -0.3 is 24.4 Å². The smallest absolute Gasteiger partial charge is 0.265 e. The predicted molar refractivity (Wildman–Crippen MR) is 131 cm³/mol. The van der Waals surface area contributed by atoms with Gasteiger partial charge in [-0.15, -0.1) is 0 Å². The first kappa shape index (κ1) is 24.7. The van der Waals surface area contributed by atoms with E-state index in [1.807, 2.05) is 31.2 Å². The SMILES string of the molecule is CCc1ccccc1OCC(=O)c1ccc2c(c1)N(CCCC(=O)NC[C@@H]1CCCO1)C(=O)CO2. The first-order valence-electron chi connectivity index (χ1n) is 12.2. The lowest BCUT2D eigenvalue weighted by atomic mass is 10.1. The number of amides is 2. The van der Waals surface area contributed by atoms with E-state index < -0.39 is 0 Å². The fourth-order valence-corrected chi connectivity index (χ4v) is 4.30. The standard InChI is InChI=1S/C27H32N2O6/c1-2-19-7-3-4-9-24(19)34-17-23(30)20-11-12-25-22(15-20)29(27(32)18-35-25)13-5-10-26(31)28-16-21-8-6-14-33-21/h3-4,7,9,11-12,15,21H,2,5-6,8,10,13-14,16-18H2,1H3,(H,28,31)/t21-/m0/s1. The Hall–Kier alpha value is -3.39. The van der Waals surface area contributed by atoms with Crippen LogP contribution in [-0.2, 0) is 20.7 Å². The lowest BCUT2D eigenvalue weighted by molar-refractivity contribution is -0.123. The number of rotatable bonds is 11. The number of nitrogens with zero attached hydrogens (tertiary/aromatic N) is 1. The number of carbonyl (C=O) groups is 3. The molecule has 0 bridgehead atoms. The van der Waals surface area contributed by atoms with E-state index in [0.717, 1.165) is 31.4 Å². The van der Waals surface area contributed by atoms with Gasteiger partial charge in [0.15, 0.2) is 19.0 Å². The van der Waals surface area contributed by atoms with Crippen LogP contribution in [-0.4, -0.2) is 56.6 Å². The minimum absolute atomic E-state index is 0.0603. The van der Waals surface area contributed by atoms with E-state index in [1.54, 1.807) is 23.1 Å². The number of hydrogen-bond acceptors (Lipinski definition) is 6. The Morgan fingerprint density at radius 1 is 1.20 bits per heavy atom. The van der Waals surface area contributed by atoms with Crippen molar-refractivity contribution < 1.29 is 28.6 Å². The van der Waals surface area contributed by atoms with Gasteiger partial charge in [-0.05, 0) is 55.5 Å². The number of benzene rings is 2. The molecule has 1 N–H and O–H groups in total. The lowest BCUT2D eigenvalue weighted by Crippen LogP contribution is -2.40. The van der Waals surface area contributed by atoms with Crippen molar-refractivity contribution in [3.63, 3.8) is 0 Å². The Bertz CT molecular complexity index is 1060. The van der Waals surface area contributed by atoms with E-state index in [9.17, 15) is 14.4 Å². The van der Waals surface area contributed by atoms with Gasteiger partial charge in [-0.2, -0.15) is 0 Å². The molecule has 2 aliphatic heterocycles. The van der Waals surface area contributed by atoms with Crippen molar-refractivity contribution in [3.8, 4) is 11.5 Å². The van der Waals surface area contributed by atoms with Crippen molar-refractivity contribution in [2.45, 2.75) is 45.1 Å². The molecule has 2 aromatic carbocycles. The second-order valence-electron chi connectivity index (χ2n) is 8.73. The van der Waals surface area contributed by atoms with Crippen LogP contribution in [0.15, 0.2) is 42.5 Å². The third kappa shape index (κ3) is 6.39. The highest BCUT2D eigenvalue weighted by molar-refractivity contribution is 6.02. The van der Waals surface area contributed by atoms with Crippen molar-refractivity contribution in [2.75, 3.05) is 37.8 Å². The summed E-state index contributed by atoms with van der Waals surface area (Å²) in [5.74, 6) is 0.787. The van der Waals surface area contributed by atoms with Crippen LogP contribution >= 0.6 is 0 Å². The van der Waals surface area contributed by atoms with Crippen molar-refractivity contribution >= 4 is 23.3 Å². The van der Waals surface area contributed by atoms with E-state index >= 15 is 0 Å². The van der Waals surface area contributed by atoms with Gasteiger partial charge in [0.25, 0.3) is 5.91 Å². The number of carbonyl (C=O) groups excluding carboxylic acids is 3. The maximum absolute atomic E-state index is 12.8. The van der Waals surface area contributed by atoms with Gasteiger partial charge in [0.2, 0.25) is 5.91 Å². The maximum Gasteiger partial charge on any atom is 0.265 e. The summed E-state index contributed by atoms with van der Waals surface area (Å²) in [6, 6.07) is 12.7. The minimum Gasteiger partial charge on any atom is -0.485 e. The third-order valence-corrected chi connectivity index (χ3v) is 6.27. The molecule has 8 nitrogen and oxygen atoms in total. The number of ketones is 1. The fraction of sp³-hybridized carbons (Fsp3) is 0.444. The molecule has 0 radical (unpaired) electrons. The number of Topliss-reactive ketones (excluding diaryl/α,β-unsaturated/α-hetero) is 1. The van der Waals surface area contributed by atoms with Crippen LogP contribution in [0.25, 0.3) is 0 Å². The third-order valence-electron chi connectivity index (χ3n) is 6.27. The fourth-order valence-electron chi connectivity index (χ4n) is 4.30. The Kier molecular flexibility index (Phi) is 8.36. The van der Waals surface area contributed by atoms with Crippen molar-refractivity contribution in [1.82, 2.24) is 5.32 Å². The topological polar surface area (TPSA) is 94.2 Å². The summed E-state index contributed by atoms with van der Waals surface area (Å²) in [6.07, 6.45) is 3.71. The van der Waals surface area contributed by atoms with Gasteiger partial charge in [0.05, 0.1) is 11.8 Å². The molecule has 4 rings (SSSR count). The molecule has 1 fully saturated rings. The van der Waals surface area contributed by atoms with Gasteiger partial charge >= 0.3 is 0 Å². The van der Waals surface area contributed by atoms with Crippen molar-refractivity contribution in [3.05, 3.63) is 53.6 Å². The zero-order valence-corrected chi connectivity index (χ0v) is 20.1. The summed E-state index contributed by atoms with van der Waals surface area (Å²) in [7, 11) is 0. The minimum atomic E-state index is -0.199. The highest BCUT2D eigenvalue weighted by Crippen LogP contribution is 2.33. The van der Waals surface area contributed by atoms with Gasteiger partial charge in [0.1, 0.15) is 11.5 Å². The van der Waals surface area contributed by atoms with Gasteiger partial charge in [-0.1, -0.05) is 25.1 Å². The van der Waals surface area contributed by atoms with Crippen molar-refractivity contribution in [1.29, 1.82) is 0 Å². The molecule has 0 saturated carbocycles. The van der Waals surface area contributed by atoms with Crippen LogP contribution in [0.4, 0.5) is 5.69 Å². The van der Waals surface area contributed by atoms with Crippen LogP contribution < -0.4 is 19.7 Å². The number of fused-ring (bicyclic) bond motifs is 1. The Labute approximate surface area is 205 Å². The first-order valence-corrected chi connectivity index (χ1v) is 12.2. The molecule has 186 valence electrons. The Morgan fingerprint density at radius 3 is 2.86 bits per heavy atom. The molecule has 8 heteroatoms. The normalized spacial score (nSPS) is 17.0. The highest BCUT2D eigenvalue weighted by Gasteiger charge is 2.26. The maximum atomic E-state index is 12.8. The molecule has 0 aromatic heterocycles. The van der Waals surface area contributed by atoms with Crippen LogP contribution in [0.2, 0.25) is 0 Å². The molecule has 35 heavy (non-hydrogen) atoms. The molecule has 2 heterocycles. The molecule has 2 aromatic rings. The molecule has 1 saturated heterocycles. The zero-order chi connectivity index (χ0) is 24.6. The van der Waals surface area contributed by atoms with E-state index in [-0.39, 0.29) is 36.9 Å². The second-order valence-corrected chi connectivity index (χ2v) is 8.73. The number of para-hydroxylation sites is 1. The average molecular weight is 481 g/mol. The largest absolute Gasteiger partial charge is 0.485 e. The summed E-state index contributed by atoms with van der Waals surface area (Å²) >= 11 is 0. The predicted octanol–water partition coefficient (Wildman–Crippen LogP) is 3.31. The number of anilines is 1. The molecule has 2 amide bonds. The number of nitrogens with one attached hydrogen (secondary N) is 1. The van der Waals surface area contributed by atoms with Crippen LogP contribution in [0.1, 0.15) is 48.5 Å². The molecule has 2 aliphatic rings. The van der Waals surface area contributed by atoms with E-state index in [4.69, 9.17) is 14.2 Å². The number of ether oxygens (including phenoxy) is 3. The molecular weight excluding hydrogens is 448 g/mol. The van der Waals surface area contributed by atoms with E-state index in [1.165, 1.54) is 0 Å².